The summed E-state index contributed by atoms with van der Waals surface area (Å²) in [7, 11) is 1.65. The van der Waals surface area contributed by atoms with Crippen LogP contribution < -0.4 is 14.8 Å². The Balaban J connectivity index is 1.52. The minimum absolute atomic E-state index is 0.00673. The number of benzene rings is 3. The van der Waals surface area contributed by atoms with Gasteiger partial charge in [0.2, 0.25) is 0 Å². The Hall–Kier alpha value is -3.73. The number of rotatable bonds is 8. The molecule has 4 rings (SSSR count). The van der Waals surface area contributed by atoms with Crippen LogP contribution in [-0.4, -0.2) is 31.2 Å². The van der Waals surface area contributed by atoms with Crippen LogP contribution in [0, 0.1) is 0 Å². The molecule has 0 spiro atoms. The van der Waals surface area contributed by atoms with Gasteiger partial charge in [-0.3, -0.25) is 4.79 Å². The first kappa shape index (κ1) is 19.6. The molecule has 5 heteroatoms. The normalized spacial score (nSPS) is 11.8. The molecule has 0 fully saturated rings. The fourth-order valence-corrected chi connectivity index (χ4v) is 3.56. The molecule has 30 heavy (non-hydrogen) atoms. The summed E-state index contributed by atoms with van der Waals surface area (Å²) in [6.07, 6.45) is 2.02. The molecular formula is C25H24N2O3. The summed E-state index contributed by atoms with van der Waals surface area (Å²) in [5.74, 6) is 1.32. The summed E-state index contributed by atoms with van der Waals surface area (Å²) in [5, 5.41) is 4.17. The van der Waals surface area contributed by atoms with E-state index in [1.54, 1.807) is 7.11 Å². The van der Waals surface area contributed by atoms with E-state index >= 15 is 0 Å². The largest absolute Gasteiger partial charge is 0.497 e. The number of ether oxygens (including phenoxy) is 2. The van der Waals surface area contributed by atoms with Crippen molar-refractivity contribution in [1.82, 2.24) is 10.3 Å². The van der Waals surface area contributed by atoms with Gasteiger partial charge >= 0.3 is 0 Å². The first-order valence-electron chi connectivity index (χ1n) is 9.89. The summed E-state index contributed by atoms with van der Waals surface area (Å²) >= 11 is 0. The van der Waals surface area contributed by atoms with Crippen molar-refractivity contribution < 1.29 is 14.3 Å². The van der Waals surface area contributed by atoms with E-state index in [1.807, 2.05) is 72.9 Å². The summed E-state index contributed by atoms with van der Waals surface area (Å²) in [6, 6.07) is 25.5. The fraction of sp³-hybridized carbons (Fsp3) is 0.160. The van der Waals surface area contributed by atoms with Crippen molar-refractivity contribution in [3.63, 3.8) is 0 Å². The van der Waals surface area contributed by atoms with Crippen molar-refractivity contribution >= 4 is 16.8 Å². The van der Waals surface area contributed by atoms with Crippen LogP contribution in [0.4, 0.5) is 0 Å². The number of fused-ring (bicyclic) bond motifs is 1. The van der Waals surface area contributed by atoms with Crippen LogP contribution in [-0.2, 0) is 4.79 Å². The maximum absolute atomic E-state index is 12.4. The highest BCUT2D eigenvalue weighted by molar-refractivity contribution is 5.84. The van der Waals surface area contributed by atoms with E-state index in [2.05, 4.69) is 22.4 Å². The van der Waals surface area contributed by atoms with Crippen molar-refractivity contribution in [2.45, 2.75) is 5.92 Å². The van der Waals surface area contributed by atoms with Crippen LogP contribution >= 0.6 is 0 Å². The molecule has 0 saturated carbocycles. The quantitative estimate of drug-likeness (QED) is 0.458. The SMILES string of the molecule is COc1ccc(C(CNC(=O)COc2ccccc2)c2c[nH]c3ccccc23)cc1. The third-order valence-corrected chi connectivity index (χ3v) is 5.13. The van der Waals surface area contributed by atoms with Crippen LogP contribution in [0.2, 0.25) is 0 Å². The van der Waals surface area contributed by atoms with Gasteiger partial charge in [0, 0.05) is 29.6 Å². The van der Waals surface area contributed by atoms with Gasteiger partial charge in [0.25, 0.3) is 5.91 Å². The van der Waals surface area contributed by atoms with Crippen LogP contribution in [0.1, 0.15) is 17.0 Å². The lowest BCUT2D eigenvalue weighted by molar-refractivity contribution is -0.123. The zero-order chi connectivity index (χ0) is 20.8. The zero-order valence-electron chi connectivity index (χ0n) is 16.8. The van der Waals surface area contributed by atoms with Crippen LogP contribution in [0.5, 0.6) is 11.5 Å². The Morgan fingerprint density at radius 1 is 0.933 bits per heavy atom. The summed E-state index contributed by atoms with van der Waals surface area (Å²) in [4.78, 5) is 15.8. The number of amides is 1. The van der Waals surface area contributed by atoms with Crippen molar-refractivity contribution in [2.75, 3.05) is 20.3 Å². The molecule has 1 aromatic heterocycles. The van der Waals surface area contributed by atoms with Crippen LogP contribution in [0.15, 0.2) is 85.1 Å². The highest BCUT2D eigenvalue weighted by atomic mass is 16.5. The zero-order valence-corrected chi connectivity index (χ0v) is 16.8. The van der Waals surface area contributed by atoms with Gasteiger partial charge in [-0.1, -0.05) is 48.5 Å². The topological polar surface area (TPSA) is 63.4 Å². The second-order valence-electron chi connectivity index (χ2n) is 7.02. The van der Waals surface area contributed by atoms with Gasteiger partial charge in [-0.2, -0.15) is 0 Å². The Bertz CT molecular complexity index is 1100. The van der Waals surface area contributed by atoms with E-state index < -0.39 is 0 Å². The number of para-hydroxylation sites is 2. The standard InChI is InChI=1S/C25H24N2O3/c1-29-19-13-11-18(12-14-19)22(23-16-26-24-10-6-5-9-21(23)24)15-27-25(28)17-30-20-7-3-2-4-8-20/h2-14,16,22,26H,15,17H2,1H3,(H,27,28). The molecule has 4 aromatic rings. The van der Waals surface area contributed by atoms with E-state index in [-0.39, 0.29) is 18.4 Å². The van der Waals surface area contributed by atoms with Crippen molar-refractivity contribution in [2.24, 2.45) is 0 Å². The molecule has 1 atom stereocenters. The minimum atomic E-state index is -0.155. The number of H-pyrrole nitrogens is 1. The molecule has 1 amide bonds. The number of carbonyl (C=O) groups is 1. The molecule has 0 aliphatic carbocycles. The fourth-order valence-electron chi connectivity index (χ4n) is 3.56. The van der Waals surface area contributed by atoms with E-state index in [4.69, 9.17) is 9.47 Å². The van der Waals surface area contributed by atoms with Gasteiger partial charge in [-0.15, -0.1) is 0 Å². The van der Waals surface area contributed by atoms with E-state index in [9.17, 15) is 4.79 Å². The lowest BCUT2D eigenvalue weighted by Gasteiger charge is -2.19. The molecule has 3 aromatic carbocycles. The Morgan fingerprint density at radius 3 is 2.43 bits per heavy atom. The molecule has 0 saturated heterocycles. The van der Waals surface area contributed by atoms with Gasteiger partial charge in [0.05, 0.1) is 7.11 Å². The predicted octanol–water partition coefficient (Wildman–Crippen LogP) is 4.50. The average molecular weight is 400 g/mol. The lowest BCUT2D eigenvalue weighted by Crippen LogP contribution is -2.32. The number of methoxy groups -OCH3 is 1. The molecule has 152 valence electrons. The lowest BCUT2D eigenvalue weighted by atomic mass is 9.91. The molecule has 2 N–H and O–H groups in total. The highest BCUT2D eigenvalue weighted by Crippen LogP contribution is 2.31. The molecule has 0 bridgehead atoms. The summed E-state index contributed by atoms with van der Waals surface area (Å²) < 4.78 is 10.9. The van der Waals surface area contributed by atoms with Crippen molar-refractivity contribution in [3.05, 3.63) is 96.2 Å². The van der Waals surface area contributed by atoms with Crippen molar-refractivity contribution in [1.29, 1.82) is 0 Å². The van der Waals surface area contributed by atoms with Crippen LogP contribution in [0.3, 0.4) is 0 Å². The summed E-state index contributed by atoms with van der Waals surface area (Å²) in [6.45, 7) is 0.443. The Labute approximate surface area is 175 Å². The third-order valence-electron chi connectivity index (χ3n) is 5.13. The highest BCUT2D eigenvalue weighted by Gasteiger charge is 2.19. The average Bonchev–Trinajstić information content (AvgIpc) is 3.23. The van der Waals surface area contributed by atoms with E-state index in [0.29, 0.717) is 12.3 Å². The molecule has 0 aliphatic heterocycles. The smallest absolute Gasteiger partial charge is 0.257 e. The van der Waals surface area contributed by atoms with Crippen molar-refractivity contribution in [3.8, 4) is 11.5 Å². The number of carbonyl (C=O) groups excluding carboxylic acids is 1. The Kier molecular flexibility index (Phi) is 5.99. The predicted molar refractivity (Wildman–Crippen MR) is 118 cm³/mol. The maximum atomic E-state index is 12.4. The van der Waals surface area contributed by atoms with Gasteiger partial charge in [-0.25, -0.2) is 0 Å². The molecular weight excluding hydrogens is 376 g/mol. The molecule has 0 radical (unpaired) electrons. The monoisotopic (exact) mass is 400 g/mol. The number of hydrogen-bond donors (Lipinski definition) is 2. The minimum Gasteiger partial charge on any atom is -0.497 e. The third kappa shape index (κ3) is 4.46. The number of aromatic amines is 1. The summed E-state index contributed by atoms with van der Waals surface area (Å²) in [5.41, 5.74) is 3.31. The molecule has 5 nitrogen and oxygen atoms in total. The van der Waals surface area contributed by atoms with Gasteiger partial charge < -0.3 is 19.8 Å². The number of hydrogen-bond acceptors (Lipinski definition) is 3. The maximum Gasteiger partial charge on any atom is 0.257 e. The van der Waals surface area contributed by atoms with Crippen LogP contribution in [0.25, 0.3) is 10.9 Å². The second-order valence-corrected chi connectivity index (χ2v) is 7.02. The Morgan fingerprint density at radius 2 is 1.67 bits per heavy atom. The molecule has 0 aliphatic rings. The second kappa shape index (κ2) is 9.18. The molecule has 1 heterocycles. The molecule has 1 unspecified atom stereocenters. The van der Waals surface area contributed by atoms with E-state index in [0.717, 1.165) is 27.8 Å². The number of aromatic nitrogens is 1. The number of nitrogens with one attached hydrogen (secondary N) is 2. The first-order chi connectivity index (χ1) is 14.7. The van der Waals surface area contributed by atoms with Gasteiger partial charge in [0.1, 0.15) is 11.5 Å². The van der Waals surface area contributed by atoms with E-state index in [1.165, 1.54) is 0 Å². The first-order valence-corrected chi connectivity index (χ1v) is 9.89. The van der Waals surface area contributed by atoms with Gasteiger partial charge in [0.15, 0.2) is 6.61 Å². The van der Waals surface area contributed by atoms with Gasteiger partial charge in [-0.05, 0) is 41.5 Å².